The highest BCUT2D eigenvalue weighted by Crippen LogP contribution is 2.11. The molecule has 0 aromatic heterocycles. The Morgan fingerprint density at radius 3 is 2.25 bits per heavy atom. The van der Waals surface area contributed by atoms with Crippen molar-refractivity contribution in [3.8, 4) is 0 Å². The van der Waals surface area contributed by atoms with E-state index in [2.05, 4.69) is 5.32 Å². The second-order valence-corrected chi connectivity index (χ2v) is 5.98. The standard InChI is InChI=1S/C8H17F3N2O2S/c1-13(5-6-16(2,14)15)4-3-12-7-8(9,10)11/h12H,3-7H2,1-2H3. The van der Waals surface area contributed by atoms with Gasteiger partial charge in [0, 0.05) is 25.9 Å². The third-order valence-corrected chi connectivity index (χ3v) is 2.76. The molecule has 0 atom stereocenters. The van der Waals surface area contributed by atoms with Crippen LogP contribution in [0.15, 0.2) is 0 Å². The molecular weight excluding hydrogens is 245 g/mol. The number of sulfone groups is 1. The summed E-state index contributed by atoms with van der Waals surface area (Å²) in [6, 6.07) is 0. The van der Waals surface area contributed by atoms with Crippen LogP contribution in [0.5, 0.6) is 0 Å². The summed E-state index contributed by atoms with van der Waals surface area (Å²) in [5.41, 5.74) is 0. The zero-order valence-corrected chi connectivity index (χ0v) is 10.2. The van der Waals surface area contributed by atoms with E-state index in [0.29, 0.717) is 13.1 Å². The Labute approximate surface area is 93.7 Å². The molecule has 0 aliphatic rings. The van der Waals surface area contributed by atoms with E-state index in [0.717, 1.165) is 6.26 Å². The zero-order chi connectivity index (χ0) is 12.8. The van der Waals surface area contributed by atoms with Crippen LogP contribution in [-0.4, -0.2) is 64.7 Å². The zero-order valence-electron chi connectivity index (χ0n) is 9.34. The summed E-state index contributed by atoms with van der Waals surface area (Å²) >= 11 is 0. The van der Waals surface area contributed by atoms with Crippen LogP contribution in [0.2, 0.25) is 0 Å². The maximum absolute atomic E-state index is 11.7. The van der Waals surface area contributed by atoms with Gasteiger partial charge >= 0.3 is 6.18 Å². The van der Waals surface area contributed by atoms with Crippen LogP contribution in [-0.2, 0) is 9.84 Å². The molecule has 0 aromatic carbocycles. The molecule has 0 radical (unpaired) electrons. The molecular formula is C8H17F3N2O2S. The first-order valence-electron chi connectivity index (χ1n) is 4.74. The van der Waals surface area contributed by atoms with Crippen LogP contribution < -0.4 is 5.32 Å². The largest absolute Gasteiger partial charge is 0.401 e. The van der Waals surface area contributed by atoms with Gasteiger partial charge in [0.05, 0.1) is 12.3 Å². The fourth-order valence-electron chi connectivity index (χ4n) is 0.934. The van der Waals surface area contributed by atoms with Crippen molar-refractivity contribution < 1.29 is 21.6 Å². The van der Waals surface area contributed by atoms with Crippen LogP contribution in [0.3, 0.4) is 0 Å². The highest BCUT2D eigenvalue weighted by molar-refractivity contribution is 7.90. The third kappa shape index (κ3) is 11.7. The van der Waals surface area contributed by atoms with Gasteiger partial charge in [0.15, 0.2) is 0 Å². The number of nitrogens with zero attached hydrogens (tertiary/aromatic N) is 1. The van der Waals surface area contributed by atoms with Crippen molar-refractivity contribution >= 4 is 9.84 Å². The fraction of sp³-hybridized carbons (Fsp3) is 1.00. The van der Waals surface area contributed by atoms with Crippen LogP contribution >= 0.6 is 0 Å². The molecule has 1 N–H and O–H groups in total. The molecule has 98 valence electrons. The van der Waals surface area contributed by atoms with Gasteiger partial charge in [-0.3, -0.25) is 0 Å². The maximum atomic E-state index is 11.7. The van der Waals surface area contributed by atoms with E-state index >= 15 is 0 Å². The molecule has 0 fully saturated rings. The Kier molecular flexibility index (Phi) is 6.27. The normalized spacial score (nSPS) is 13.4. The molecule has 0 amide bonds. The van der Waals surface area contributed by atoms with Gasteiger partial charge in [-0.2, -0.15) is 13.2 Å². The molecule has 0 saturated carbocycles. The summed E-state index contributed by atoms with van der Waals surface area (Å²) in [7, 11) is -1.35. The van der Waals surface area contributed by atoms with E-state index < -0.39 is 22.6 Å². The Balaban J connectivity index is 3.56. The van der Waals surface area contributed by atoms with Crippen LogP contribution in [0.4, 0.5) is 13.2 Å². The van der Waals surface area contributed by atoms with Crippen LogP contribution in [0, 0.1) is 0 Å². The number of alkyl halides is 3. The van der Waals surface area contributed by atoms with Crippen molar-refractivity contribution in [2.75, 3.05) is 45.2 Å². The van der Waals surface area contributed by atoms with Gasteiger partial charge in [-0.05, 0) is 7.05 Å². The highest BCUT2D eigenvalue weighted by Gasteiger charge is 2.25. The summed E-state index contributed by atoms with van der Waals surface area (Å²) in [5, 5.41) is 2.24. The first-order valence-corrected chi connectivity index (χ1v) is 6.80. The minimum Gasteiger partial charge on any atom is -0.307 e. The number of nitrogens with one attached hydrogen (secondary N) is 1. The summed E-state index contributed by atoms with van der Waals surface area (Å²) in [6.07, 6.45) is -3.08. The average molecular weight is 262 g/mol. The maximum Gasteiger partial charge on any atom is 0.401 e. The minimum absolute atomic E-state index is 0.0166. The van der Waals surface area contributed by atoms with Crippen LogP contribution in [0.25, 0.3) is 0 Å². The van der Waals surface area contributed by atoms with Crippen molar-refractivity contribution in [3.05, 3.63) is 0 Å². The lowest BCUT2D eigenvalue weighted by Gasteiger charge is -2.16. The van der Waals surface area contributed by atoms with Gasteiger partial charge < -0.3 is 10.2 Å². The molecule has 0 aromatic rings. The molecule has 0 aliphatic carbocycles. The minimum atomic E-state index is -4.20. The fourth-order valence-corrected chi connectivity index (χ4v) is 1.58. The highest BCUT2D eigenvalue weighted by atomic mass is 32.2. The Morgan fingerprint density at radius 1 is 1.25 bits per heavy atom. The van der Waals surface area contributed by atoms with E-state index in [1.165, 1.54) is 0 Å². The molecule has 8 heteroatoms. The molecule has 0 rings (SSSR count). The number of halogens is 3. The monoisotopic (exact) mass is 262 g/mol. The number of rotatable bonds is 7. The molecule has 0 saturated heterocycles. The number of hydrogen-bond donors (Lipinski definition) is 1. The predicted molar refractivity (Wildman–Crippen MR) is 56.1 cm³/mol. The van der Waals surface area contributed by atoms with E-state index in [1.807, 2.05) is 0 Å². The van der Waals surface area contributed by atoms with E-state index in [-0.39, 0.29) is 12.3 Å². The topological polar surface area (TPSA) is 49.4 Å². The van der Waals surface area contributed by atoms with Gasteiger partial charge in [0.1, 0.15) is 9.84 Å². The lowest BCUT2D eigenvalue weighted by molar-refractivity contribution is -0.124. The van der Waals surface area contributed by atoms with Gasteiger partial charge in [-0.15, -0.1) is 0 Å². The van der Waals surface area contributed by atoms with Crippen molar-refractivity contribution in [1.82, 2.24) is 10.2 Å². The molecule has 0 heterocycles. The van der Waals surface area contributed by atoms with Crippen LogP contribution in [0.1, 0.15) is 0 Å². The summed E-state index contributed by atoms with van der Waals surface area (Å²) in [4.78, 5) is 1.67. The van der Waals surface area contributed by atoms with Gasteiger partial charge in [0.25, 0.3) is 0 Å². The molecule has 4 nitrogen and oxygen atoms in total. The quantitative estimate of drug-likeness (QED) is 0.662. The Morgan fingerprint density at radius 2 is 1.81 bits per heavy atom. The smallest absolute Gasteiger partial charge is 0.307 e. The van der Waals surface area contributed by atoms with E-state index in [1.54, 1.807) is 11.9 Å². The van der Waals surface area contributed by atoms with Crippen molar-refractivity contribution in [3.63, 3.8) is 0 Å². The van der Waals surface area contributed by atoms with Crippen molar-refractivity contribution in [1.29, 1.82) is 0 Å². The molecule has 0 bridgehead atoms. The van der Waals surface area contributed by atoms with Crippen molar-refractivity contribution in [2.24, 2.45) is 0 Å². The third-order valence-electron chi connectivity index (χ3n) is 1.84. The second kappa shape index (κ2) is 6.41. The molecule has 0 aliphatic heterocycles. The molecule has 0 spiro atoms. The van der Waals surface area contributed by atoms with Crippen molar-refractivity contribution in [2.45, 2.75) is 6.18 Å². The molecule has 0 unspecified atom stereocenters. The Bertz CT molecular complexity index is 290. The SMILES string of the molecule is CN(CCNCC(F)(F)F)CCS(C)(=O)=O. The van der Waals surface area contributed by atoms with E-state index in [4.69, 9.17) is 0 Å². The number of likely N-dealkylation sites (N-methyl/N-ethyl adjacent to an activating group) is 1. The summed E-state index contributed by atoms with van der Waals surface area (Å²) in [5.74, 6) is 0.0166. The molecule has 16 heavy (non-hydrogen) atoms. The number of hydrogen-bond acceptors (Lipinski definition) is 4. The lowest BCUT2D eigenvalue weighted by atomic mass is 10.5. The Hall–Kier alpha value is -0.340. The van der Waals surface area contributed by atoms with Gasteiger partial charge in [-0.25, -0.2) is 8.42 Å². The first kappa shape index (κ1) is 15.7. The summed E-state index contributed by atoms with van der Waals surface area (Å²) < 4.78 is 56.8. The van der Waals surface area contributed by atoms with Gasteiger partial charge in [-0.1, -0.05) is 0 Å². The second-order valence-electron chi connectivity index (χ2n) is 3.73. The van der Waals surface area contributed by atoms with Gasteiger partial charge in [0.2, 0.25) is 0 Å². The van der Waals surface area contributed by atoms with E-state index in [9.17, 15) is 21.6 Å². The summed E-state index contributed by atoms with van der Waals surface area (Å²) in [6.45, 7) is -0.134. The predicted octanol–water partition coefficient (Wildman–Crippen LogP) is 0.115. The first-order chi connectivity index (χ1) is 7.10. The lowest BCUT2D eigenvalue weighted by Crippen LogP contribution is -2.36. The average Bonchev–Trinajstić information content (AvgIpc) is 2.06.